The Balaban J connectivity index is 1.54. The SMILES string of the molecule is Cc1cc(-c2n[nH]c3cc(NC(=O)N[C@H](c4ccccc4)C(F)(F)F)ncc23)ccn1. The number of hydrogen-bond acceptors (Lipinski definition) is 4. The first-order valence-electron chi connectivity index (χ1n) is 9.27. The Morgan fingerprint density at radius 3 is 2.58 bits per heavy atom. The van der Waals surface area contributed by atoms with Gasteiger partial charge in [-0.15, -0.1) is 0 Å². The average Bonchev–Trinajstić information content (AvgIpc) is 3.15. The third kappa shape index (κ3) is 4.47. The highest BCUT2D eigenvalue weighted by molar-refractivity contribution is 5.95. The lowest BCUT2D eigenvalue weighted by Gasteiger charge is -2.22. The zero-order valence-electron chi connectivity index (χ0n) is 16.2. The van der Waals surface area contributed by atoms with E-state index in [9.17, 15) is 18.0 Å². The van der Waals surface area contributed by atoms with Gasteiger partial charge in [0.1, 0.15) is 11.5 Å². The lowest BCUT2D eigenvalue weighted by Crippen LogP contribution is -2.40. The van der Waals surface area contributed by atoms with Gasteiger partial charge >= 0.3 is 12.2 Å². The zero-order valence-corrected chi connectivity index (χ0v) is 16.2. The summed E-state index contributed by atoms with van der Waals surface area (Å²) in [6.45, 7) is 1.86. The van der Waals surface area contributed by atoms with E-state index in [2.05, 4.69) is 25.5 Å². The molecule has 0 spiro atoms. The van der Waals surface area contributed by atoms with Crippen LogP contribution in [0.1, 0.15) is 17.3 Å². The number of hydrogen-bond donors (Lipinski definition) is 3. The lowest BCUT2D eigenvalue weighted by molar-refractivity contribution is -0.154. The molecule has 10 heteroatoms. The third-order valence-corrected chi connectivity index (χ3v) is 4.59. The molecule has 158 valence electrons. The summed E-state index contributed by atoms with van der Waals surface area (Å²) in [5.74, 6) is 0.0834. The van der Waals surface area contributed by atoms with Crippen LogP contribution < -0.4 is 10.6 Å². The van der Waals surface area contributed by atoms with Gasteiger partial charge < -0.3 is 5.32 Å². The molecular formula is C21H17F3N6O. The van der Waals surface area contributed by atoms with Crippen LogP contribution in [0.25, 0.3) is 22.2 Å². The van der Waals surface area contributed by atoms with Crippen molar-refractivity contribution in [3.8, 4) is 11.3 Å². The van der Waals surface area contributed by atoms with Crippen LogP contribution in [0.15, 0.2) is 60.9 Å². The predicted molar refractivity (Wildman–Crippen MR) is 109 cm³/mol. The van der Waals surface area contributed by atoms with Crippen LogP contribution >= 0.6 is 0 Å². The monoisotopic (exact) mass is 426 g/mol. The molecule has 0 unspecified atom stereocenters. The molecule has 0 saturated heterocycles. The number of pyridine rings is 2. The van der Waals surface area contributed by atoms with E-state index in [4.69, 9.17) is 0 Å². The van der Waals surface area contributed by atoms with Gasteiger partial charge in [-0.25, -0.2) is 9.78 Å². The van der Waals surface area contributed by atoms with Gasteiger partial charge in [0, 0.05) is 35.1 Å². The van der Waals surface area contributed by atoms with Crippen LogP contribution in [0.2, 0.25) is 0 Å². The largest absolute Gasteiger partial charge is 0.412 e. The number of alkyl halides is 3. The highest BCUT2D eigenvalue weighted by Crippen LogP contribution is 2.32. The number of benzene rings is 1. The van der Waals surface area contributed by atoms with Crippen molar-refractivity contribution < 1.29 is 18.0 Å². The summed E-state index contributed by atoms with van der Waals surface area (Å²) in [6, 6.07) is 9.16. The average molecular weight is 426 g/mol. The Morgan fingerprint density at radius 2 is 1.87 bits per heavy atom. The van der Waals surface area contributed by atoms with Crippen molar-refractivity contribution in [2.75, 3.05) is 5.32 Å². The first-order chi connectivity index (χ1) is 14.8. The maximum absolute atomic E-state index is 13.4. The second-order valence-electron chi connectivity index (χ2n) is 6.86. The smallest absolute Gasteiger partial charge is 0.322 e. The van der Waals surface area contributed by atoms with Crippen molar-refractivity contribution in [1.82, 2.24) is 25.5 Å². The maximum Gasteiger partial charge on any atom is 0.412 e. The molecule has 0 bridgehead atoms. The molecule has 2 amide bonds. The topological polar surface area (TPSA) is 95.6 Å². The van der Waals surface area contributed by atoms with E-state index in [0.717, 1.165) is 11.3 Å². The second kappa shape index (κ2) is 8.05. The number of aromatic nitrogens is 4. The summed E-state index contributed by atoms with van der Waals surface area (Å²) in [6.07, 6.45) is -1.49. The van der Waals surface area contributed by atoms with Crippen molar-refractivity contribution >= 4 is 22.8 Å². The molecule has 7 nitrogen and oxygen atoms in total. The first-order valence-corrected chi connectivity index (χ1v) is 9.27. The van der Waals surface area contributed by atoms with Crippen LogP contribution in [0.4, 0.5) is 23.8 Å². The zero-order chi connectivity index (χ0) is 22.0. The molecule has 0 aliphatic heterocycles. The van der Waals surface area contributed by atoms with Crippen molar-refractivity contribution in [3.05, 3.63) is 72.2 Å². The molecule has 0 fully saturated rings. The normalized spacial score (nSPS) is 12.5. The number of aromatic amines is 1. The number of urea groups is 1. The number of amides is 2. The molecule has 0 aliphatic rings. The Labute approximate surface area is 174 Å². The Hall–Kier alpha value is -3.95. The van der Waals surface area contributed by atoms with Gasteiger partial charge in [0.25, 0.3) is 0 Å². The van der Waals surface area contributed by atoms with E-state index in [1.165, 1.54) is 36.5 Å². The molecule has 0 radical (unpaired) electrons. The molecule has 1 aromatic carbocycles. The van der Waals surface area contributed by atoms with Crippen LogP contribution in [0, 0.1) is 6.92 Å². The number of carbonyl (C=O) groups is 1. The number of rotatable bonds is 4. The van der Waals surface area contributed by atoms with Gasteiger partial charge in [-0.1, -0.05) is 30.3 Å². The predicted octanol–water partition coefficient (Wildman–Crippen LogP) is 4.75. The summed E-state index contributed by atoms with van der Waals surface area (Å²) in [5.41, 5.74) is 2.83. The van der Waals surface area contributed by atoms with E-state index in [-0.39, 0.29) is 11.4 Å². The summed E-state index contributed by atoms with van der Waals surface area (Å²) >= 11 is 0. The Morgan fingerprint density at radius 1 is 1.10 bits per heavy atom. The molecule has 0 aliphatic carbocycles. The molecule has 1 atom stereocenters. The van der Waals surface area contributed by atoms with Crippen molar-refractivity contribution in [1.29, 1.82) is 0 Å². The van der Waals surface area contributed by atoms with Crippen LogP contribution in [-0.4, -0.2) is 32.4 Å². The fraction of sp³-hybridized carbons (Fsp3) is 0.143. The summed E-state index contributed by atoms with van der Waals surface area (Å²) < 4.78 is 40.3. The van der Waals surface area contributed by atoms with Crippen LogP contribution in [0.3, 0.4) is 0 Å². The fourth-order valence-electron chi connectivity index (χ4n) is 3.18. The first kappa shape index (κ1) is 20.3. The van der Waals surface area contributed by atoms with Gasteiger partial charge in [-0.3, -0.25) is 15.4 Å². The second-order valence-corrected chi connectivity index (χ2v) is 6.86. The minimum absolute atomic E-state index is 0.0700. The van der Waals surface area contributed by atoms with Gasteiger partial charge in [0.05, 0.1) is 5.52 Å². The van der Waals surface area contributed by atoms with Crippen LogP contribution in [-0.2, 0) is 0 Å². The van der Waals surface area contributed by atoms with E-state index in [0.29, 0.717) is 16.6 Å². The maximum atomic E-state index is 13.4. The molecule has 3 N–H and O–H groups in total. The van der Waals surface area contributed by atoms with Crippen molar-refractivity contribution in [3.63, 3.8) is 0 Å². The molecule has 3 heterocycles. The third-order valence-electron chi connectivity index (χ3n) is 4.59. The minimum Gasteiger partial charge on any atom is -0.322 e. The molecule has 4 rings (SSSR count). The number of anilines is 1. The summed E-state index contributed by atoms with van der Waals surface area (Å²) in [5, 5.41) is 12.1. The van der Waals surface area contributed by atoms with E-state index >= 15 is 0 Å². The van der Waals surface area contributed by atoms with Gasteiger partial charge in [-0.05, 0) is 24.6 Å². The molecule has 0 saturated carbocycles. The van der Waals surface area contributed by atoms with E-state index in [1.54, 1.807) is 12.3 Å². The van der Waals surface area contributed by atoms with Gasteiger partial charge in [0.2, 0.25) is 0 Å². The quantitative estimate of drug-likeness (QED) is 0.439. The molecular weight excluding hydrogens is 409 g/mol. The fourth-order valence-corrected chi connectivity index (χ4v) is 3.18. The number of fused-ring (bicyclic) bond motifs is 1. The number of nitrogens with one attached hydrogen (secondary N) is 3. The van der Waals surface area contributed by atoms with Crippen molar-refractivity contribution in [2.45, 2.75) is 19.1 Å². The van der Waals surface area contributed by atoms with E-state index in [1.807, 2.05) is 24.4 Å². The van der Waals surface area contributed by atoms with E-state index < -0.39 is 18.2 Å². The molecule has 4 aromatic rings. The number of H-pyrrole nitrogens is 1. The standard InChI is InChI=1S/C21H17F3N6O/c1-12-9-14(7-8-25-12)18-15-11-26-17(10-16(15)29-30-18)27-20(31)28-19(21(22,23)24)13-5-3-2-4-6-13/h2-11,19H,1H3,(H,29,30)(H2,26,27,28,31)/t19-/m1/s1. The Kier molecular flexibility index (Phi) is 5.28. The van der Waals surface area contributed by atoms with Crippen LogP contribution in [0.5, 0.6) is 0 Å². The highest BCUT2D eigenvalue weighted by Gasteiger charge is 2.41. The highest BCUT2D eigenvalue weighted by atomic mass is 19.4. The van der Waals surface area contributed by atoms with Gasteiger partial charge in [0.15, 0.2) is 6.04 Å². The Bertz CT molecular complexity index is 1220. The van der Waals surface area contributed by atoms with Gasteiger partial charge in [-0.2, -0.15) is 18.3 Å². The minimum atomic E-state index is -4.66. The molecule has 3 aromatic heterocycles. The number of carbonyl (C=O) groups excluding carboxylic acids is 1. The number of aryl methyl sites for hydroxylation is 1. The summed E-state index contributed by atoms with van der Waals surface area (Å²) in [4.78, 5) is 20.5. The molecule has 31 heavy (non-hydrogen) atoms. The number of nitrogens with zero attached hydrogens (tertiary/aromatic N) is 3. The lowest BCUT2D eigenvalue weighted by atomic mass is 10.1. The van der Waals surface area contributed by atoms with Crippen molar-refractivity contribution in [2.24, 2.45) is 0 Å². The summed E-state index contributed by atoms with van der Waals surface area (Å²) in [7, 11) is 0. The number of halogens is 3.